The Morgan fingerprint density at radius 1 is 1.15 bits per heavy atom. The summed E-state index contributed by atoms with van der Waals surface area (Å²) in [6.45, 7) is -0.329. The number of fused-ring (bicyclic) bond motifs is 2. The molecular weight excluding hydrogens is 616 g/mol. The van der Waals surface area contributed by atoms with Crippen molar-refractivity contribution in [1.82, 2.24) is 29.3 Å². The van der Waals surface area contributed by atoms with Crippen LogP contribution in [0.15, 0.2) is 30.3 Å². The van der Waals surface area contributed by atoms with Crippen LogP contribution < -0.4 is 14.4 Å². The monoisotopic (exact) mass is 655 g/mol. The highest BCUT2D eigenvalue weighted by Gasteiger charge is 2.38. The average Bonchev–Trinajstić information content (AvgIpc) is 3.69. The number of aromatic nitrogens is 4. The maximum Gasteiger partial charge on any atom is 0.329 e. The summed E-state index contributed by atoms with van der Waals surface area (Å²) in [6.07, 6.45) is 8.22. The van der Waals surface area contributed by atoms with E-state index in [1.54, 1.807) is 19.2 Å². The molecule has 1 unspecified atom stereocenters. The lowest BCUT2D eigenvalue weighted by atomic mass is 9.81. The lowest BCUT2D eigenvalue weighted by Gasteiger charge is -2.46. The molecule has 7 rings (SSSR count). The first-order valence-electron chi connectivity index (χ1n) is 15.8. The van der Waals surface area contributed by atoms with Gasteiger partial charge in [0.25, 0.3) is 5.91 Å². The van der Waals surface area contributed by atoms with Crippen molar-refractivity contribution in [2.75, 3.05) is 37.3 Å². The van der Waals surface area contributed by atoms with Gasteiger partial charge in [0.15, 0.2) is 5.82 Å². The molecule has 2 aliphatic heterocycles. The third-order valence-corrected chi connectivity index (χ3v) is 10.8. The second-order valence-corrected chi connectivity index (χ2v) is 14.9. The number of likely N-dealkylation sites (tertiary alicyclic amines) is 1. The molecule has 1 amide bonds. The quantitative estimate of drug-likeness (QED) is 0.273. The van der Waals surface area contributed by atoms with E-state index in [0.717, 1.165) is 56.8 Å². The zero-order valence-electron chi connectivity index (χ0n) is 26.3. The number of amides is 1. The Labute approximate surface area is 266 Å². The lowest BCUT2D eigenvalue weighted by Crippen LogP contribution is -2.59. The molecule has 3 aromatic heterocycles. The molecule has 1 aromatic carbocycles. The second kappa shape index (κ2) is 11.5. The van der Waals surface area contributed by atoms with Crippen molar-refractivity contribution in [3.8, 4) is 17.3 Å². The number of ether oxygens (including phenoxy) is 1. The van der Waals surface area contributed by atoms with Gasteiger partial charge in [-0.05, 0) is 81.3 Å². The van der Waals surface area contributed by atoms with E-state index in [-0.39, 0.29) is 21.6 Å². The summed E-state index contributed by atoms with van der Waals surface area (Å²) < 4.78 is 61.8. The van der Waals surface area contributed by atoms with Crippen LogP contribution in [0.1, 0.15) is 55.3 Å². The van der Waals surface area contributed by atoms with Crippen LogP contribution >= 0.6 is 0 Å². The van der Waals surface area contributed by atoms with Crippen LogP contribution in [0, 0.1) is 5.92 Å². The Morgan fingerprint density at radius 2 is 1.93 bits per heavy atom. The van der Waals surface area contributed by atoms with E-state index < -0.39 is 16.6 Å². The molecule has 46 heavy (non-hydrogen) atoms. The van der Waals surface area contributed by atoms with E-state index in [1.807, 2.05) is 33.2 Å². The normalized spacial score (nSPS) is 20.7. The minimum absolute atomic E-state index is 0.0188. The lowest BCUT2D eigenvalue weighted by molar-refractivity contribution is 0.0555. The van der Waals surface area contributed by atoms with Crippen molar-refractivity contribution in [3.63, 3.8) is 0 Å². The van der Waals surface area contributed by atoms with E-state index in [1.165, 1.54) is 12.5 Å². The first-order chi connectivity index (χ1) is 22.0. The van der Waals surface area contributed by atoms with Crippen molar-refractivity contribution >= 4 is 43.8 Å². The summed E-state index contributed by atoms with van der Waals surface area (Å²) >= 11 is 0. The molecule has 3 fully saturated rings. The predicted octanol–water partition coefficient (Wildman–Crippen LogP) is 4.75. The van der Waals surface area contributed by atoms with Gasteiger partial charge in [-0.1, -0.05) is 6.42 Å². The maximum absolute atomic E-state index is 13.9. The minimum atomic E-state index is -4.27. The number of benzene rings is 1. The molecule has 1 aliphatic carbocycles. The molecule has 0 radical (unpaired) electrons. The van der Waals surface area contributed by atoms with Crippen LogP contribution in [-0.2, 0) is 23.6 Å². The Kier molecular flexibility index (Phi) is 7.70. The molecule has 5 heterocycles. The van der Waals surface area contributed by atoms with E-state index in [0.29, 0.717) is 64.9 Å². The number of nitrogens with one attached hydrogen (secondary N) is 1. The summed E-state index contributed by atoms with van der Waals surface area (Å²) in [6, 6.07) is 8.40. The highest BCUT2D eigenvalue weighted by molar-refractivity contribution is 7.92. The van der Waals surface area contributed by atoms with Crippen LogP contribution in [0.25, 0.3) is 33.6 Å². The van der Waals surface area contributed by atoms with Gasteiger partial charge in [0, 0.05) is 43.2 Å². The van der Waals surface area contributed by atoms with Crippen molar-refractivity contribution in [3.05, 3.63) is 35.9 Å². The fourth-order valence-corrected chi connectivity index (χ4v) is 8.00. The second-order valence-electron chi connectivity index (χ2n) is 13.0. The number of rotatable bonds is 8. The largest absolute Gasteiger partial charge is 0.494 e. The minimum Gasteiger partial charge on any atom is -0.494 e. The number of carbonyl (C=O) groups excluding carboxylic acids is 1. The van der Waals surface area contributed by atoms with Gasteiger partial charge in [-0.15, -0.1) is 0 Å². The highest BCUT2D eigenvalue weighted by Crippen LogP contribution is 2.39. The Hall–Kier alpha value is -3.78. The Morgan fingerprint density at radius 3 is 2.61 bits per heavy atom. The SMILES string of the molecule is COc1cc(C(=O)N2CCCC3(CCCCN3)C2)cc2nc(-c3cc4ccc(N(C(F)F)S(C)(=O)=O)nc4n3CC3CC3)n(C)c12. The molecule has 14 heteroatoms. The third kappa shape index (κ3) is 5.48. The van der Waals surface area contributed by atoms with E-state index in [4.69, 9.17) is 9.72 Å². The van der Waals surface area contributed by atoms with Gasteiger partial charge in [-0.3, -0.25) is 4.79 Å². The fraction of sp³-hybridized carbons (Fsp3) is 0.531. The van der Waals surface area contributed by atoms with Crippen molar-refractivity contribution < 1.29 is 26.7 Å². The van der Waals surface area contributed by atoms with E-state index in [9.17, 15) is 22.0 Å². The molecule has 246 valence electrons. The number of aryl methyl sites for hydroxylation is 1. The van der Waals surface area contributed by atoms with E-state index >= 15 is 0 Å². The molecule has 1 atom stereocenters. The smallest absolute Gasteiger partial charge is 0.329 e. The summed E-state index contributed by atoms with van der Waals surface area (Å²) in [4.78, 5) is 25.3. The zero-order valence-corrected chi connectivity index (χ0v) is 27.1. The summed E-state index contributed by atoms with van der Waals surface area (Å²) in [7, 11) is -0.821. The van der Waals surface area contributed by atoms with Crippen LogP contribution in [0.5, 0.6) is 5.75 Å². The van der Waals surface area contributed by atoms with Crippen LogP contribution in [0.4, 0.5) is 14.6 Å². The molecule has 1 spiro atoms. The Bertz CT molecular complexity index is 1920. The number of anilines is 1. The summed E-state index contributed by atoms with van der Waals surface area (Å²) in [5.41, 5.74) is 2.93. The van der Waals surface area contributed by atoms with Crippen LogP contribution in [0.3, 0.4) is 0 Å². The number of piperidine rings is 2. The Balaban J connectivity index is 1.30. The number of alkyl halides is 2. The average molecular weight is 656 g/mol. The number of hydrogen-bond donors (Lipinski definition) is 1. The van der Waals surface area contributed by atoms with Gasteiger partial charge in [-0.2, -0.15) is 13.1 Å². The number of methoxy groups -OCH3 is 1. The topological polar surface area (TPSA) is 115 Å². The van der Waals surface area contributed by atoms with Gasteiger partial charge >= 0.3 is 6.55 Å². The van der Waals surface area contributed by atoms with E-state index in [2.05, 4.69) is 10.3 Å². The van der Waals surface area contributed by atoms with Gasteiger partial charge in [-0.25, -0.2) is 18.4 Å². The van der Waals surface area contributed by atoms with Crippen LogP contribution in [0.2, 0.25) is 0 Å². The number of sulfonamides is 1. The highest BCUT2D eigenvalue weighted by atomic mass is 32.2. The predicted molar refractivity (Wildman–Crippen MR) is 172 cm³/mol. The number of nitrogens with zero attached hydrogens (tertiary/aromatic N) is 6. The number of carbonyl (C=O) groups is 1. The van der Waals surface area contributed by atoms with Crippen LogP contribution in [-0.4, -0.2) is 83.4 Å². The number of pyridine rings is 1. The number of imidazole rings is 1. The summed E-state index contributed by atoms with van der Waals surface area (Å²) in [5.74, 6) is 1.11. The molecule has 0 bridgehead atoms. The molecule has 4 aromatic rings. The van der Waals surface area contributed by atoms with Gasteiger partial charge < -0.3 is 24.1 Å². The van der Waals surface area contributed by atoms with Crippen molar-refractivity contribution in [1.29, 1.82) is 0 Å². The first-order valence-corrected chi connectivity index (χ1v) is 17.7. The van der Waals surface area contributed by atoms with Crippen molar-refractivity contribution in [2.24, 2.45) is 13.0 Å². The first kappa shape index (κ1) is 30.9. The fourth-order valence-electron chi connectivity index (χ4n) is 7.27. The number of hydrogen-bond acceptors (Lipinski definition) is 7. The van der Waals surface area contributed by atoms with Gasteiger partial charge in [0.2, 0.25) is 10.0 Å². The molecule has 11 nitrogen and oxygen atoms in total. The molecule has 1 N–H and O–H groups in total. The van der Waals surface area contributed by atoms with Gasteiger partial charge in [0.1, 0.15) is 22.7 Å². The van der Waals surface area contributed by atoms with Gasteiger partial charge in [0.05, 0.1) is 24.6 Å². The zero-order chi connectivity index (χ0) is 32.4. The molecule has 1 saturated carbocycles. The number of halogens is 2. The molecule has 2 saturated heterocycles. The standard InChI is InChI=1S/C32H39F2N7O4S/c1-38-27-23(15-22(17-25(27)45-2)30(42)39-14-6-12-32(19-39)11-4-5-13-35-32)36-29(38)24-16-21-9-10-26(41(31(33)34)46(3,43)44)37-28(21)40(24)18-20-7-8-20/h9-10,15-17,20,31,35H,4-8,11-14,18-19H2,1-3H3. The third-order valence-electron chi connectivity index (χ3n) is 9.70. The molecular formula is C32H39F2N7O4S. The maximum atomic E-state index is 13.9. The molecule has 3 aliphatic rings. The van der Waals surface area contributed by atoms with Crippen molar-refractivity contribution in [2.45, 2.75) is 63.6 Å². The summed E-state index contributed by atoms with van der Waals surface area (Å²) in [5, 5.41) is 4.37.